The van der Waals surface area contributed by atoms with E-state index in [0.29, 0.717) is 35.0 Å². The van der Waals surface area contributed by atoms with Crippen molar-refractivity contribution in [3.8, 4) is 0 Å². The van der Waals surface area contributed by atoms with Gasteiger partial charge in [0.2, 0.25) is 0 Å². The van der Waals surface area contributed by atoms with Crippen LogP contribution in [-0.4, -0.2) is 37.0 Å². The Morgan fingerprint density at radius 3 is 2.31 bits per heavy atom. The SMILES string of the molecule is C[C@H](/C=C/c1ccc(Cl)cc1)[C@H]1CC[C@H]2[C@@H]3CC4(OCCO4)[C@H]4C[C@@H]5OC(C)(C)O[C@@H]5C[C@]4(C)[C@H]3CC[C@]12C. The zero-order chi connectivity index (χ0) is 27.2. The van der Waals surface area contributed by atoms with E-state index in [9.17, 15) is 0 Å². The predicted molar refractivity (Wildman–Crippen MR) is 154 cm³/mol. The summed E-state index contributed by atoms with van der Waals surface area (Å²) < 4.78 is 26.3. The lowest BCUT2D eigenvalue weighted by molar-refractivity contribution is -0.300. The first-order chi connectivity index (χ1) is 18.5. The second kappa shape index (κ2) is 9.30. The van der Waals surface area contributed by atoms with Crippen LogP contribution in [0.15, 0.2) is 30.3 Å². The van der Waals surface area contributed by atoms with E-state index in [1.54, 1.807) is 0 Å². The lowest BCUT2D eigenvalue weighted by atomic mass is 9.42. The average molecular weight is 555 g/mol. The molecular weight excluding hydrogens is 508 g/mol. The highest BCUT2D eigenvalue weighted by atomic mass is 35.5. The van der Waals surface area contributed by atoms with Crippen LogP contribution in [0.1, 0.15) is 85.1 Å². The molecule has 4 saturated carbocycles. The predicted octanol–water partition coefficient (Wildman–Crippen LogP) is 8.13. The van der Waals surface area contributed by atoms with Crippen LogP contribution in [0, 0.1) is 46.3 Å². The lowest BCUT2D eigenvalue weighted by Crippen LogP contribution is -2.65. The first-order valence-electron chi connectivity index (χ1n) is 15.6. The summed E-state index contributed by atoms with van der Waals surface area (Å²) in [5, 5.41) is 0.795. The fourth-order valence-corrected chi connectivity index (χ4v) is 11.1. The molecule has 0 aromatic heterocycles. The largest absolute Gasteiger partial charge is 0.347 e. The summed E-state index contributed by atoms with van der Waals surface area (Å²) in [6, 6.07) is 8.20. The maximum absolute atomic E-state index is 6.68. The Kier molecular flexibility index (Phi) is 6.42. The van der Waals surface area contributed by atoms with Crippen LogP contribution >= 0.6 is 11.6 Å². The maximum Gasteiger partial charge on any atom is 0.172 e. The molecule has 0 N–H and O–H groups in total. The molecule has 10 atom stereocenters. The van der Waals surface area contributed by atoms with Gasteiger partial charge in [-0.15, -0.1) is 0 Å². The molecule has 0 amide bonds. The Bertz CT molecular complexity index is 1110. The zero-order valence-electron chi connectivity index (χ0n) is 24.5. The minimum atomic E-state index is -0.497. The number of allylic oxidation sites excluding steroid dienone is 1. The fourth-order valence-electron chi connectivity index (χ4n) is 11.0. The molecule has 4 nitrogen and oxygen atoms in total. The summed E-state index contributed by atoms with van der Waals surface area (Å²) in [6.07, 6.45) is 13.5. The number of fused-ring (bicyclic) bond motifs is 7. The van der Waals surface area contributed by atoms with Gasteiger partial charge in [0.1, 0.15) is 0 Å². The molecule has 39 heavy (non-hydrogen) atoms. The molecule has 2 aliphatic heterocycles. The van der Waals surface area contributed by atoms with Crippen molar-refractivity contribution in [2.45, 2.75) is 103 Å². The van der Waals surface area contributed by atoms with Crippen molar-refractivity contribution in [3.63, 3.8) is 0 Å². The van der Waals surface area contributed by atoms with Gasteiger partial charge in [-0.3, -0.25) is 0 Å². The van der Waals surface area contributed by atoms with Crippen molar-refractivity contribution >= 4 is 17.7 Å². The summed E-state index contributed by atoms with van der Waals surface area (Å²) in [4.78, 5) is 0. The van der Waals surface area contributed by atoms with Crippen LogP contribution in [0.5, 0.6) is 0 Å². The second-order valence-electron chi connectivity index (χ2n) is 14.8. The summed E-state index contributed by atoms with van der Waals surface area (Å²) >= 11 is 6.11. The Morgan fingerprint density at radius 2 is 1.56 bits per heavy atom. The summed E-state index contributed by atoms with van der Waals surface area (Å²) in [6.45, 7) is 13.2. The lowest BCUT2D eigenvalue weighted by Gasteiger charge is -2.65. The van der Waals surface area contributed by atoms with Gasteiger partial charge in [-0.25, -0.2) is 0 Å². The summed E-state index contributed by atoms with van der Waals surface area (Å²) in [7, 11) is 0. The Morgan fingerprint density at radius 1 is 0.872 bits per heavy atom. The minimum absolute atomic E-state index is 0.150. The van der Waals surface area contributed by atoms with E-state index in [2.05, 4.69) is 58.9 Å². The van der Waals surface area contributed by atoms with Gasteiger partial charge >= 0.3 is 0 Å². The van der Waals surface area contributed by atoms with Crippen LogP contribution in [-0.2, 0) is 18.9 Å². The van der Waals surface area contributed by atoms with Crippen molar-refractivity contribution in [1.82, 2.24) is 0 Å². The summed E-state index contributed by atoms with van der Waals surface area (Å²) in [5.74, 6) is 2.75. The molecular formula is C34H47ClO4. The highest BCUT2D eigenvalue weighted by molar-refractivity contribution is 6.30. The van der Waals surface area contributed by atoms with Crippen molar-refractivity contribution in [1.29, 1.82) is 0 Å². The molecule has 4 aliphatic carbocycles. The van der Waals surface area contributed by atoms with Gasteiger partial charge < -0.3 is 18.9 Å². The number of hydrogen-bond donors (Lipinski definition) is 0. The molecule has 6 fully saturated rings. The smallest absolute Gasteiger partial charge is 0.172 e. The molecule has 2 heterocycles. The van der Waals surface area contributed by atoms with E-state index in [1.807, 2.05) is 12.1 Å². The first-order valence-corrected chi connectivity index (χ1v) is 16.0. The van der Waals surface area contributed by atoms with Crippen molar-refractivity contribution in [2.75, 3.05) is 13.2 Å². The molecule has 0 bridgehead atoms. The van der Waals surface area contributed by atoms with Gasteiger partial charge in [-0.2, -0.15) is 0 Å². The molecule has 1 aromatic rings. The number of rotatable bonds is 3. The third-order valence-electron chi connectivity index (χ3n) is 12.5. The van der Waals surface area contributed by atoms with Gasteiger partial charge in [0.05, 0.1) is 25.4 Å². The van der Waals surface area contributed by atoms with Gasteiger partial charge in [0.25, 0.3) is 0 Å². The van der Waals surface area contributed by atoms with Crippen molar-refractivity contribution in [2.24, 2.45) is 46.3 Å². The number of hydrogen-bond acceptors (Lipinski definition) is 4. The normalized spacial score (nSPS) is 46.6. The van der Waals surface area contributed by atoms with Crippen molar-refractivity contribution < 1.29 is 18.9 Å². The van der Waals surface area contributed by atoms with Crippen molar-refractivity contribution in [3.05, 3.63) is 40.9 Å². The average Bonchev–Trinajstić information content (AvgIpc) is 3.57. The molecule has 0 radical (unpaired) electrons. The van der Waals surface area contributed by atoms with Crippen LogP contribution in [0.3, 0.4) is 0 Å². The number of benzene rings is 1. The molecule has 5 heteroatoms. The second-order valence-corrected chi connectivity index (χ2v) is 15.2. The molecule has 0 unspecified atom stereocenters. The Hall–Kier alpha value is -0.910. The third kappa shape index (κ3) is 4.22. The molecule has 1 aromatic carbocycles. The van der Waals surface area contributed by atoms with Gasteiger partial charge in [0, 0.05) is 17.4 Å². The van der Waals surface area contributed by atoms with Crippen LogP contribution in [0.4, 0.5) is 0 Å². The Labute approximate surface area is 240 Å². The van der Waals surface area contributed by atoms with Gasteiger partial charge in [0.15, 0.2) is 11.6 Å². The number of halogens is 1. The molecule has 7 rings (SSSR count). The van der Waals surface area contributed by atoms with E-state index in [4.69, 9.17) is 30.5 Å². The zero-order valence-corrected chi connectivity index (χ0v) is 25.2. The van der Waals surface area contributed by atoms with Gasteiger partial charge in [-0.05, 0) is 110 Å². The van der Waals surface area contributed by atoms with Crippen LogP contribution in [0.25, 0.3) is 6.08 Å². The monoisotopic (exact) mass is 554 g/mol. The van der Waals surface area contributed by atoms with Crippen LogP contribution in [0.2, 0.25) is 5.02 Å². The van der Waals surface area contributed by atoms with E-state index in [-0.39, 0.29) is 17.6 Å². The molecule has 214 valence electrons. The Balaban J connectivity index is 1.17. The standard InChI is InChI=1S/C34H47ClO4/c1-21(6-7-22-8-10-23(35)11-9-22)25-12-13-26-24-19-34(36-16-17-37-34)30-18-28-29(39-31(2,3)38-28)20-33(30,5)27(24)14-15-32(25,26)4/h6-11,21,24-30H,12-20H2,1-5H3/b7-6+/t21-,24+,25-,26+,27+,28+,29-,30+,32-,33-/m1/s1. The quantitative estimate of drug-likeness (QED) is 0.378. The molecule has 6 aliphatic rings. The highest BCUT2D eigenvalue weighted by Crippen LogP contribution is 2.71. The van der Waals surface area contributed by atoms with E-state index in [0.717, 1.165) is 43.4 Å². The molecule has 1 spiro atoms. The van der Waals surface area contributed by atoms with E-state index < -0.39 is 11.6 Å². The first kappa shape index (κ1) is 27.0. The van der Waals surface area contributed by atoms with E-state index in [1.165, 1.54) is 31.2 Å². The summed E-state index contributed by atoms with van der Waals surface area (Å²) in [5.41, 5.74) is 1.74. The fraction of sp³-hybridized carbons (Fsp3) is 0.765. The molecule has 2 saturated heterocycles. The van der Waals surface area contributed by atoms with E-state index >= 15 is 0 Å². The van der Waals surface area contributed by atoms with Gasteiger partial charge in [-0.1, -0.05) is 56.7 Å². The maximum atomic E-state index is 6.68. The topological polar surface area (TPSA) is 36.9 Å². The minimum Gasteiger partial charge on any atom is -0.347 e. The highest BCUT2D eigenvalue weighted by Gasteiger charge is 2.70. The van der Waals surface area contributed by atoms with Crippen LogP contribution < -0.4 is 0 Å². The third-order valence-corrected chi connectivity index (χ3v) is 12.7. The number of ether oxygens (including phenoxy) is 4.